The molecule has 4 rings (SSSR count). The average Bonchev–Trinajstić information content (AvgIpc) is 3.19. The third-order valence-corrected chi connectivity index (χ3v) is 4.78. The molecule has 2 N–H and O–H groups in total. The van der Waals surface area contributed by atoms with Gasteiger partial charge in [-0.05, 0) is 30.3 Å². The fourth-order valence-electron chi connectivity index (χ4n) is 2.87. The molecular formula is C21H16BrN5O2. The summed E-state index contributed by atoms with van der Waals surface area (Å²) in [6, 6.07) is 18.7. The summed E-state index contributed by atoms with van der Waals surface area (Å²) in [4.78, 5) is 29.0. The smallest absolute Gasteiger partial charge is 0.257 e. The van der Waals surface area contributed by atoms with Gasteiger partial charge in [0.1, 0.15) is 5.56 Å². The standard InChI is InChI=1S/C21H16BrN5O2/c22-15-6-8-16(9-7-15)26-19(28)13-24-21(29)17-12-25-27-18(10-11-23-20(17)27)14-4-2-1-3-5-14/h1-12H,13H2,(H,24,29)(H,26,28). The molecule has 0 spiro atoms. The zero-order valence-electron chi connectivity index (χ0n) is 15.2. The van der Waals surface area contributed by atoms with Gasteiger partial charge < -0.3 is 10.6 Å². The molecule has 0 saturated carbocycles. The summed E-state index contributed by atoms with van der Waals surface area (Å²) < 4.78 is 2.53. The second-order valence-corrected chi connectivity index (χ2v) is 7.14. The van der Waals surface area contributed by atoms with Crippen LogP contribution in [0.2, 0.25) is 0 Å². The predicted octanol–water partition coefficient (Wildman–Crippen LogP) is 3.53. The van der Waals surface area contributed by atoms with Gasteiger partial charge in [-0.2, -0.15) is 5.10 Å². The molecule has 0 aliphatic rings. The van der Waals surface area contributed by atoms with Crippen molar-refractivity contribution >= 4 is 39.1 Å². The molecule has 0 fully saturated rings. The molecule has 2 aromatic carbocycles. The first kappa shape index (κ1) is 18.8. The van der Waals surface area contributed by atoms with Crippen LogP contribution < -0.4 is 10.6 Å². The van der Waals surface area contributed by atoms with E-state index in [1.807, 2.05) is 48.5 Å². The van der Waals surface area contributed by atoms with Crippen molar-refractivity contribution in [3.05, 3.63) is 83.1 Å². The molecule has 29 heavy (non-hydrogen) atoms. The number of nitrogens with one attached hydrogen (secondary N) is 2. The van der Waals surface area contributed by atoms with Crippen molar-refractivity contribution in [2.24, 2.45) is 0 Å². The van der Waals surface area contributed by atoms with Gasteiger partial charge in [-0.3, -0.25) is 9.59 Å². The van der Waals surface area contributed by atoms with Gasteiger partial charge in [0, 0.05) is 21.9 Å². The van der Waals surface area contributed by atoms with Crippen LogP contribution >= 0.6 is 15.9 Å². The minimum Gasteiger partial charge on any atom is -0.343 e. The first-order valence-electron chi connectivity index (χ1n) is 8.83. The zero-order chi connectivity index (χ0) is 20.2. The summed E-state index contributed by atoms with van der Waals surface area (Å²) in [5, 5.41) is 9.65. The summed E-state index contributed by atoms with van der Waals surface area (Å²) >= 11 is 3.34. The number of hydrogen-bond acceptors (Lipinski definition) is 4. The van der Waals surface area contributed by atoms with Crippen LogP contribution in [0.1, 0.15) is 10.4 Å². The van der Waals surface area contributed by atoms with E-state index < -0.39 is 5.91 Å². The van der Waals surface area contributed by atoms with Crippen LogP contribution in [0.4, 0.5) is 5.69 Å². The molecule has 2 aromatic heterocycles. The maximum absolute atomic E-state index is 12.6. The highest BCUT2D eigenvalue weighted by Gasteiger charge is 2.17. The Kier molecular flexibility index (Phi) is 5.35. The Labute approximate surface area is 174 Å². The monoisotopic (exact) mass is 449 g/mol. The van der Waals surface area contributed by atoms with E-state index in [2.05, 4.69) is 36.6 Å². The highest BCUT2D eigenvalue weighted by Crippen LogP contribution is 2.20. The van der Waals surface area contributed by atoms with E-state index in [0.717, 1.165) is 15.7 Å². The minimum absolute atomic E-state index is 0.162. The third-order valence-electron chi connectivity index (χ3n) is 4.25. The lowest BCUT2D eigenvalue weighted by molar-refractivity contribution is -0.115. The molecule has 4 aromatic rings. The van der Waals surface area contributed by atoms with Crippen molar-refractivity contribution in [2.75, 3.05) is 11.9 Å². The molecule has 7 nitrogen and oxygen atoms in total. The van der Waals surface area contributed by atoms with E-state index in [9.17, 15) is 9.59 Å². The lowest BCUT2D eigenvalue weighted by Crippen LogP contribution is -2.32. The molecule has 0 unspecified atom stereocenters. The van der Waals surface area contributed by atoms with Gasteiger partial charge in [0.05, 0.1) is 18.4 Å². The minimum atomic E-state index is -0.413. The van der Waals surface area contributed by atoms with Crippen molar-refractivity contribution in [2.45, 2.75) is 0 Å². The third kappa shape index (κ3) is 4.17. The van der Waals surface area contributed by atoms with Crippen molar-refractivity contribution in [3.8, 4) is 11.3 Å². The van der Waals surface area contributed by atoms with E-state index >= 15 is 0 Å². The number of aromatic nitrogens is 3. The summed E-state index contributed by atoms with van der Waals surface area (Å²) in [5.74, 6) is -0.737. The van der Waals surface area contributed by atoms with Crippen LogP contribution in [0.15, 0.2) is 77.5 Å². The molecular weight excluding hydrogens is 434 g/mol. The predicted molar refractivity (Wildman–Crippen MR) is 114 cm³/mol. The Balaban J connectivity index is 1.48. The normalized spacial score (nSPS) is 10.7. The van der Waals surface area contributed by atoms with Crippen LogP contribution in [-0.4, -0.2) is 33.0 Å². The maximum Gasteiger partial charge on any atom is 0.257 e. The maximum atomic E-state index is 12.6. The van der Waals surface area contributed by atoms with Gasteiger partial charge >= 0.3 is 0 Å². The highest BCUT2D eigenvalue weighted by molar-refractivity contribution is 9.10. The van der Waals surface area contributed by atoms with Crippen molar-refractivity contribution < 1.29 is 9.59 Å². The Hall–Kier alpha value is -3.52. The lowest BCUT2D eigenvalue weighted by atomic mass is 10.1. The van der Waals surface area contributed by atoms with Gasteiger partial charge in [-0.1, -0.05) is 46.3 Å². The van der Waals surface area contributed by atoms with Gasteiger partial charge in [0.15, 0.2) is 5.65 Å². The number of rotatable bonds is 5. The average molecular weight is 450 g/mol. The van der Waals surface area contributed by atoms with Crippen molar-refractivity contribution in [3.63, 3.8) is 0 Å². The van der Waals surface area contributed by atoms with Crippen molar-refractivity contribution in [1.82, 2.24) is 19.9 Å². The fourth-order valence-corrected chi connectivity index (χ4v) is 3.14. The quantitative estimate of drug-likeness (QED) is 0.487. The summed E-state index contributed by atoms with van der Waals surface area (Å²) in [6.45, 7) is -0.162. The van der Waals surface area contributed by atoms with E-state index in [4.69, 9.17) is 0 Å². The van der Waals surface area contributed by atoms with Gasteiger partial charge in [0.2, 0.25) is 5.91 Å². The van der Waals surface area contributed by atoms with E-state index in [-0.39, 0.29) is 12.5 Å². The van der Waals surface area contributed by atoms with Crippen LogP contribution in [0, 0.1) is 0 Å². The molecule has 2 amide bonds. The van der Waals surface area contributed by atoms with Crippen LogP contribution in [0.3, 0.4) is 0 Å². The van der Waals surface area contributed by atoms with Gasteiger partial charge in [0.25, 0.3) is 5.91 Å². The molecule has 8 heteroatoms. The number of halogens is 1. The molecule has 0 radical (unpaired) electrons. The number of hydrogen-bond donors (Lipinski definition) is 2. The molecule has 0 aliphatic carbocycles. The number of carbonyl (C=O) groups is 2. The number of fused-ring (bicyclic) bond motifs is 1. The Morgan fingerprint density at radius 3 is 2.52 bits per heavy atom. The van der Waals surface area contributed by atoms with Crippen molar-refractivity contribution in [1.29, 1.82) is 0 Å². The number of nitrogens with zero attached hydrogens (tertiary/aromatic N) is 3. The summed E-state index contributed by atoms with van der Waals surface area (Å²) in [7, 11) is 0. The first-order chi connectivity index (χ1) is 14.1. The molecule has 0 atom stereocenters. The fraction of sp³-hybridized carbons (Fsp3) is 0.0476. The number of amides is 2. The highest BCUT2D eigenvalue weighted by atomic mass is 79.9. The number of anilines is 1. The number of benzene rings is 2. The molecule has 0 aliphatic heterocycles. The second kappa shape index (κ2) is 8.24. The van der Waals surface area contributed by atoms with E-state index in [1.54, 1.807) is 22.8 Å². The van der Waals surface area contributed by atoms with Crippen LogP contribution in [-0.2, 0) is 4.79 Å². The summed E-state index contributed by atoms with van der Waals surface area (Å²) in [5.41, 5.74) is 3.17. The molecule has 0 bridgehead atoms. The summed E-state index contributed by atoms with van der Waals surface area (Å²) in [6.07, 6.45) is 3.09. The van der Waals surface area contributed by atoms with Gasteiger partial charge in [-0.15, -0.1) is 0 Å². The second-order valence-electron chi connectivity index (χ2n) is 6.23. The molecule has 2 heterocycles. The Morgan fingerprint density at radius 1 is 1.00 bits per heavy atom. The van der Waals surface area contributed by atoms with Crippen LogP contribution in [0.25, 0.3) is 16.9 Å². The topological polar surface area (TPSA) is 88.4 Å². The Morgan fingerprint density at radius 2 is 1.76 bits per heavy atom. The molecule has 144 valence electrons. The van der Waals surface area contributed by atoms with E-state index in [1.165, 1.54) is 6.20 Å². The Bertz CT molecular complexity index is 1170. The number of carbonyl (C=O) groups excluding carboxylic acids is 2. The lowest BCUT2D eigenvalue weighted by Gasteiger charge is -2.07. The van der Waals surface area contributed by atoms with E-state index in [0.29, 0.717) is 16.9 Å². The van der Waals surface area contributed by atoms with Gasteiger partial charge in [-0.25, -0.2) is 9.50 Å². The largest absolute Gasteiger partial charge is 0.343 e. The zero-order valence-corrected chi connectivity index (χ0v) is 16.8. The SMILES string of the molecule is O=C(CNC(=O)c1cnn2c(-c3ccccc3)ccnc12)Nc1ccc(Br)cc1. The molecule has 0 saturated heterocycles. The van der Waals surface area contributed by atoms with Crippen LogP contribution in [0.5, 0.6) is 0 Å². The first-order valence-corrected chi connectivity index (χ1v) is 9.63.